The summed E-state index contributed by atoms with van der Waals surface area (Å²) < 4.78 is 0. The van der Waals surface area contributed by atoms with Crippen LogP contribution in [-0.4, -0.2) is 75.1 Å². The van der Waals surface area contributed by atoms with Gasteiger partial charge in [-0.25, -0.2) is 14.8 Å². The largest absolute Gasteiger partial charge is 0.508 e. The third kappa shape index (κ3) is 5.28. The Balaban J connectivity index is 1.33. The highest BCUT2D eigenvalue weighted by Gasteiger charge is 2.50. The number of piperazine rings is 1. The number of allylic oxidation sites excluding steroid dienone is 1. The second kappa shape index (κ2) is 11.1. The van der Waals surface area contributed by atoms with E-state index in [0.29, 0.717) is 13.1 Å². The molecule has 0 saturated carbocycles. The fourth-order valence-electron chi connectivity index (χ4n) is 6.06. The number of fused-ring (bicyclic) bond motifs is 2. The predicted octanol–water partition coefficient (Wildman–Crippen LogP) is 3.14. The number of nitrogens with one attached hydrogen (secondary N) is 1. The van der Waals surface area contributed by atoms with Crippen LogP contribution in [0.3, 0.4) is 0 Å². The van der Waals surface area contributed by atoms with Gasteiger partial charge in [0, 0.05) is 26.6 Å². The van der Waals surface area contributed by atoms with Gasteiger partial charge >= 0.3 is 6.03 Å². The zero-order valence-electron chi connectivity index (χ0n) is 22.9. The zero-order chi connectivity index (χ0) is 28.5. The average molecular weight is 552 g/mol. The Kier molecular flexibility index (Phi) is 7.19. The number of likely N-dealkylation sites (N-methyl/N-ethyl adjacent to an activating group) is 1. The lowest BCUT2D eigenvalue weighted by Gasteiger charge is -2.54. The smallest absolute Gasteiger partial charge is 0.334 e. The molecule has 0 unspecified atom stereocenters. The van der Waals surface area contributed by atoms with Crippen molar-refractivity contribution in [1.82, 2.24) is 25.1 Å². The number of rotatable bonds is 6. The van der Waals surface area contributed by atoms with Crippen LogP contribution in [0, 0.1) is 0 Å². The number of phenolic OH excluding ortho intramolecular Hbond substituents is 1. The van der Waals surface area contributed by atoms with Crippen LogP contribution >= 0.6 is 0 Å². The van der Waals surface area contributed by atoms with Crippen LogP contribution in [0.4, 0.5) is 4.79 Å². The molecule has 4 amide bonds. The summed E-state index contributed by atoms with van der Waals surface area (Å²) in [6.07, 6.45) is 4.68. The average Bonchev–Trinajstić information content (AvgIpc) is 3.46. The van der Waals surface area contributed by atoms with E-state index in [9.17, 15) is 19.5 Å². The highest BCUT2D eigenvalue weighted by molar-refractivity contribution is 5.91. The molecule has 3 aromatic rings. The van der Waals surface area contributed by atoms with Crippen molar-refractivity contribution < 1.29 is 19.5 Å². The molecule has 2 atom stereocenters. The molecule has 9 nitrogen and oxygen atoms in total. The number of hydrogen-bond acceptors (Lipinski definition) is 5. The molecule has 1 aliphatic carbocycles. The topological polar surface area (TPSA) is 96.4 Å². The van der Waals surface area contributed by atoms with Crippen LogP contribution in [0.25, 0.3) is 6.08 Å². The van der Waals surface area contributed by atoms with E-state index >= 15 is 0 Å². The molecule has 0 spiro atoms. The highest BCUT2D eigenvalue weighted by Crippen LogP contribution is 2.31. The minimum atomic E-state index is -0.795. The number of carbonyl (C=O) groups excluding carboxylic acids is 3. The minimum Gasteiger partial charge on any atom is -0.508 e. The summed E-state index contributed by atoms with van der Waals surface area (Å²) in [4.78, 5) is 44.6. The number of amides is 4. The number of hydrazine groups is 1. The predicted molar refractivity (Wildman–Crippen MR) is 154 cm³/mol. The van der Waals surface area contributed by atoms with Gasteiger partial charge in [0.2, 0.25) is 11.8 Å². The maximum Gasteiger partial charge on any atom is 0.334 e. The van der Waals surface area contributed by atoms with Gasteiger partial charge in [-0.15, -0.1) is 0 Å². The van der Waals surface area contributed by atoms with E-state index < -0.39 is 12.2 Å². The summed E-state index contributed by atoms with van der Waals surface area (Å²) in [5.41, 5.74) is 5.18. The summed E-state index contributed by atoms with van der Waals surface area (Å²) >= 11 is 0. The van der Waals surface area contributed by atoms with Gasteiger partial charge in [-0.1, -0.05) is 72.8 Å². The molecule has 9 heteroatoms. The fraction of sp³-hybridized carbons (Fsp3) is 0.281. The van der Waals surface area contributed by atoms with Crippen LogP contribution in [0.5, 0.6) is 5.75 Å². The van der Waals surface area contributed by atoms with Gasteiger partial charge in [0.25, 0.3) is 0 Å². The molecule has 0 aromatic heterocycles. The normalized spacial score (nSPS) is 20.3. The zero-order valence-corrected chi connectivity index (χ0v) is 22.9. The van der Waals surface area contributed by atoms with Gasteiger partial charge in [-0.3, -0.25) is 9.59 Å². The summed E-state index contributed by atoms with van der Waals surface area (Å²) in [5.74, 6) is -0.229. The van der Waals surface area contributed by atoms with Gasteiger partial charge in [0.05, 0.1) is 13.1 Å². The molecule has 2 aliphatic heterocycles. The van der Waals surface area contributed by atoms with Gasteiger partial charge in [-0.2, -0.15) is 0 Å². The molecule has 2 saturated heterocycles. The van der Waals surface area contributed by atoms with Crippen molar-refractivity contribution in [2.45, 2.75) is 38.1 Å². The van der Waals surface area contributed by atoms with Crippen LogP contribution in [0.15, 0.2) is 78.9 Å². The molecule has 6 rings (SSSR count). The summed E-state index contributed by atoms with van der Waals surface area (Å²) in [7, 11) is 1.72. The van der Waals surface area contributed by atoms with Crippen LogP contribution in [0.2, 0.25) is 0 Å². The Morgan fingerprint density at radius 1 is 0.976 bits per heavy atom. The van der Waals surface area contributed by atoms with Crippen molar-refractivity contribution in [3.05, 3.63) is 107 Å². The van der Waals surface area contributed by atoms with Crippen LogP contribution in [-0.2, 0) is 35.5 Å². The van der Waals surface area contributed by atoms with E-state index in [-0.39, 0.29) is 43.1 Å². The second-order valence-corrected chi connectivity index (χ2v) is 10.8. The lowest BCUT2D eigenvalue weighted by molar-refractivity contribution is -0.187. The molecule has 3 aliphatic rings. The van der Waals surface area contributed by atoms with Crippen molar-refractivity contribution in [3.63, 3.8) is 0 Å². The lowest BCUT2D eigenvalue weighted by atomic mass is 9.97. The Morgan fingerprint density at radius 3 is 2.54 bits per heavy atom. The van der Waals surface area contributed by atoms with Gasteiger partial charge < -0.3 is 20.2 Å². The van der Waals surface area contributed by atoms with E-state index in [4.69, 9.17) is 0 Å². The minimum absolute atomic E-state index is 0.0222. The van der Waals surface area contributed by atoms with Crippen LogP contribution < -0.4 is 5.32 Å². The van der Waals surface area contributed by atoms with Gasteiger partial charge in [-0.05, 0) is 46.4 Å². The second-order valence-electron chi connectivity index (χ2n) is 10.8. The summed E-state index contributed by atoms with van der Waals surface area (Å²) in [6, 6.07) is 21.3. The molecule has 41 heavy (non-hydrogen) atoms. The Labute approximate surface area is 239 Å². The van der Waals surface area contributed by atoms with Crippen molar-refractivity contribution in [2.75, 3.05) is 20.1 Å². The molecule has 210 valence electrons. The number of phenols is 1. The van der Waals surface area contributed by atoms with E-state index in [1.54, 1.807) is 51.1 Å². The van der Waals surface area contributed by atoms with Crippen molar-refractivity contribution in [2.24, 2.45) is 0 Å². The number of nitrogens with zero attached hydrogens (tertiary/aromatic N) is 4. The van der Waals surface area contributed by atoms with Crippen molar-refractivity contribution in [1.29, 1.82) is 0 Å². The SMILES string of the molecule is CN1CC(=O)N2[C@@H](Cc3ccc(O)cc3)C(=O)N(Cc3cccc4c3C=CC4)C[C@@H]2N1C(=O)NCc1ccccc1. The first-order valence-electron chi connectivity index (χ1n) is 13.9. The molecular formula is C32H33N5O4. The Morgan fingerprint density at radius 2 is 1.76 bits per heavy atom. The van der Waals surface area contributed by atoms with E-state index in [1.165, 1.54) is 5.56 Å². The fourth-order valence-corrected chi connectivity index (χ4v) is 6.06. The van der Waals surface area contributed by atoms with Crippen molar-refractivity contribution >= 4 is 23.9 Å². The molecule has 2 fully saturated rings. The molecule has 2 N–H and O–H groups in total. The third-order valence-electron chi connectivity index (χ3n) is 8.07. The van der Waals surface area contributed by atoms with E-state index in [0.717, 1.165) is 28.7 Å². The standard InChI is InChI=1S/C32H33N5O4/c1-34-21-30(39)36-28(17-22-13-15-26(38)16-14-22)31(40)35(19-25-11-5-9-24-10-6-12-27(24)25)20-29(36)37(34)32(41)33-18-23-7-3-2-4-8-23/h2-9,11-16,28-29,38H,10,17-21H2,1H3,(H,33,41)/t28-,29-/m0/s1. The Bertz CT molecular complexity index is 1490. The maximum absolute atomic E-state index is 14.1. The van der Waals surface area contributed by atoms with E-state index in [2.05, 4.69) is 23.5 Å². The number of urea groups is 1. The number of benzene rings is 3. The highest BCUT2D eigenvalue weighted by atomic mass is 16.3. The van der Waals surface area contributed by atoms with Crippen LogP contribution in [0.1, 0.15) is 27.8 Å². The van der Waals surface area contributed by atoms with Gasteiger partial charge in [0.15, 0.2) is 0 Å². The number of aromatic hydroxyl groups is 1. The first-order valence-corrected chi connectivity index (χ1v) is 13.9. The first kappa shape index (κ1) is 26.6. The van der Waals surface area contributed by atoms with E-state index in [1.807, 2.05) is 42.5 Å². The monoisotopic (exact) mass is 551 g/mol. The molecular weight excluding hydrogens is 518 g/mol. The summed E-state index contributed by atoms with van der Waals surface area (Å²) in [6.45, 7) is 0.881. The first-order chi connectivity index (χ1) is 19.9. The van der Waals surface area contributed by atoms with Gasteiger partial charge in [0.1, 0.15) is 18.0 Å². The Hall–Kier alpha value is -4.63. The van der Waals surface area contributed by atoms with Crippen molar-refractivity contribution in [3.8, 4) is 5.75 Å². The maximum atomic E-state index is 14.1. The lowest BCUT2D eigenvalue weighted by Crippen LogP contribution is -2.76. The quantitative estimate of drug-likeness (QED) is 0.491. The molecule has 0 bridgehead atoms. The number of carbonyl (C=O) groups is 3. The molecule has 0 radical (unpaired) electrons. The molecule has 3 aromatic carbocycles. The summed E-state index contributed by atoms with van der Waals surface area (Å²) in [5, 5.41) is 16.0. The molecule has 2 heterocycles. The number of hydrogen-bond donors (Lipinski definition) is 2. The third-order valence-corrected chi connectivity index (χ3v) is 8.07.